The summed E-state index contributed by atoms with van der Waals surface area (Å²) in [5.41, 5.74) is 1.22. The molecule has 2 aromatic carbocycles. The van der Waals surface area contributed by atoms with E-state index in [0.29, 0.717) is 19.6 Å². The maximum atomic E-state index is 8.85. The van der Waals surface area contributed by atoms with Crippen LogP contribution in [0.4, 0.5) is 0 Å². The van der Waals surface area contributed by atoms with E-state index < -0.39 is 0 Å². The Morgan fingerprint density at radius 1 is 1.05 bits per heavy atom. The van der Waals surface area contributed by atoms with Crippen LogP contribution in [0.15, 0.2) is 36.4 Å². The van der Waals surface area contributed by atoms with Gasteiger partial charge in [0.25, 0.3) is 0 Å². The number of ether oxygens (including phenoxy) is 2. The number of aliphatic hydroxyl groups is 1. The predicted molar refractivity (Wildman–Crippen MR) is 83.7 cm³/mol. The fourth-order valence-electron chi connectivity index (χ4n) is 2.79. The summed E-state index contributed by atoms with van der Waals surface area (Å²) in [6, 6.07) is 12.2. The highest BCUT2D eigenvalue weighted by atomic mass is 35.5. The molecule has 0 saturated carbocycles. The summed E-state index contributed by atoms with van der Waals surface area (Å²) >= 11 is 6.26. The lowest BCUT2D eigenvalue weighted by atomic mass is 9.94. The highest BCUT2D eigenvalue weighted by Crippen LogP contribution is 2.33. The van der Waals surface area contributed by atoms with Gasteiger partial charge in [0.05, 0.1) is 13.2 Å². The minimum Gasteiger partial charge on any atom is -0.396 e. The van der Waals surface area contributed by atoms with Crippen LogP contribution in [0.2, 0.25) is 5.02 Å². The van der Waals surface area contributed by atoms with Crippen molar-refractivity contribution in [2.45, 2.75) is 25.0 Å². The first kappa shape index (κ1) is 14.8. The van der Waals surface area contributed by atoms with Gasteiger partial charge in [0, 0.05) is 29.4 Å². The zero-order valence-corrected chi connectivity index (χ0v) is 12.6. The molecule has 1 aliphatic rings. The van der Waals surface area contributed by atoms with Crippen LogP contribution in [-0.2, 0) is 9.47 Å². The van der Waals surface area contributed by atoms with E-state index in [1.54, 1.807) is 0 Å². The smallest absolute Gasteiger partial charge is 0.157 e. The normalized spacial score (nSPS) is 22.6. The molecule has 3 nitrogen and oxygen atoms in total. The van der Waals surface area contributed by atoms with Gasteiger partial charge in [-0.3, -0.25) is 0 Å². The molecule has 1 saturated heterocycles. The molecule has 0 unspecified atom stereocenters. The third-order valence-electron chi connectivity index (χ3n) is 3.91. The first-order chi connectivity index (χ1) is 10.3. The van der Waals surface area contributed by atoms with Gasteiger partial charge in [-0.1, -0.05) is 41.9 Å². The van der Waals surface area contributed by atoms with Gasteiger partial charge in [0.2, 0.25) is 0 Å². The second-order valence-electron chi connectivity index (χ2n) is 5.34. The number of halogens is 1. The summed E-state index contributed by atoms with van der Waals surface area (Å²) in [7, 11) is 0. The number of hydrogen-bond acceptors (Lipinski definition) is 3. The van der Waals surface area contributed by atoms with Gasteiger partial charge in [-0.05, 0) is 23.4 Å². The Hall–Kier alpha value is -1.13. The minimum atomic E-state index is -0.188. The van der Waals surface area contributed by atoms with E-state index in [4.69, 9.17) is 26.2 Å². The van der Waals surface area contributed by atoms with Crippen molar-refractivity contribution < 1.29 is 14.6 Å². The first-order valence-corrected chi connectivity index (χ1v) is 7.68. The van der Waals surface area contributed by atoms with E-state index in [9.17, 15) is 0 Å². The molecule has 0 atom stereocenters. The zero-order valence-electron chi connectivity index (χ0n) is 11.8. The van der Waals surface area contributed by atoms with E-state index >= 15 is 0 Å². The van der Waals surface area contributed by atoms with E-state index in [-0.39, 0.29) is 18.8 Å². The van der Waals surface area contributed by atoms with Crippen LogP contribution in [0.5, 0.6) is 0 Å². The van der Waals surface area contributed by atoms with Gasteiger partial charge in [-0.15, -0.1) is 0 Å². The Labute approximate surface area is 129 Å². The van der Waals surface area contributed by atoms with Gasteiger partial charge < -0.3 is 14.6 Å². The molecular weight excluding hydrogens is 288 g/mol. The molecule has 0 aliphatic carbocycles. The molecule has 112 valence electrons. The lowest BCUT2D eigenvalue weighted by Gasteiger charge is -2.30. The SMILES string of the molecule is OCCCC1OCC(c2ccc(Cl)c3ccccc23)CO1. The molecule has 3 rings (SSSR count). The number of fused-ring (bicyclic) bond motifs is 1. The van der Waals surface area contributed by atoms with Crippen LogP contribution < -0.4 is 0 Å². The van der Waals surface area contributed by atoms with Crippen molar-refractivity contribution in [2.24, 2.45) is 0 Å². The van der Waals surface area contributed by atoms with Gasteiger partial charge in [-0.25, -0.2) is 0 Å². The molecule has 0 bridgehead atoms. The van der Waals surface area contributed by atoms with Crippen molar-refractivity contribution in [3.05, 3.63) is 47.0 Å². The largest absolute Gasteiger partial charge is 0.396 e. The summed E-state index contributed by atoms with van der Waals surface area (Å²) in [6.07, 6.45) is 1.26. The fraction of sp³-hybridized carbons (Fsp3) is 0.412. The highest BCUT2D eigenvalue weighted by molar-refractivity contribution is 6.35. The Kier molecular flexibility index (Phi) is 4.76. The average molecular weight is 307 g/mol. The van der Waals surface area contributed by atoms with E-state index in [2.05, 4.69) is 12.1 Å². The van der Waals surface area contributed by atoms with E-state index in [0.717, 1.165) is 22.2 Å². The average Bonchev–Trinajstić information content (AvgIpc) is 2.54. The fourth-order valence-corrected chi connectivity index (χ4v) is 3.02. The lowest BCUT2D eigenvalue weighted by molar-refractivity contribution is -0.190. The van der Waals surface area contributed by atoms with Gasteiger partial charge in [0.15, 0.2) is 6.29 Å². The van der Waals surface area contributed by atoms with Crippen molar-refractivity contribution in [2.75, 3.05) is 19.8 Å². The highest BCUT2D eigenvalue weighted by Gasteiger charge is 2.24. The molecule has 4 heteroatoms. The maximum absolute atomic E-state index is 8.85. The third kappa shape index (κ3) is 3.22. The van der Waals surface area contributed by atoms with Gasteiger partial charge >= 0.3 is 0 Å². The standard InChI is InChI=1S/C17H19ClO3/c18-16-8-7-13(14-4-1-2-5-15(14)16)12-10-20-17(21-11-12)6-3-9-19/h1-2,4-5,7-8,12,17,19H,3,6,9-11H2. The predicted octanol–water partition coefficient (Wildman–Crippen LogP) is 3.72. The first-order valence-electron chi connectivity index (χ1n) is 7.31. The van der Waals surface area contributed by atoms with Crippen LogP contribution in [0.25, 0.3) is 10.8 Å². The molecule has 0 spiro atoms. The van der Waals surface area contributed by atoms with Crippen molar-refractivity contribution in [3.8, 4) is 0 Å². The Bertz CT molecular complexity index is 606. The molecule has 1 N–H and O–H groups in total. The van der Waals surface area contributed by atoms with E-state index in [1.165, 1.54) is 5.56 Å². The van der Waals surface area contributed by atoms with Gasteiger partial charge in [-0.2, -0.15) is 0 Å². The van der Waals surface area contributed by atoms with E-state index in [1.807, 2.05) is 24.3 Å². The summed E-state index contributed by atoms with van der Waals surface area (Å²) in [5, 5.41) is 11.9. The molecule has 21 heavy (non-hydrogen) atoms. The third-order valence-corrected chi connectivity index (χ3v) is 4.24. The Balaban J connectivity index is 1.78. The van der Waals surface area contributed by atoms with Crippen molar-refractivity contribution in [3.63, 3.8) is 0 Å². The molecule has 0 amide bonds. The molecule has 1 fully saturated rings. The molecular formula is C17H19ClO3. The number of hydrogen-bond donors (Lipinski definition) is 1. The quantitative estimate of drug-likeness (QED) is 0.935. The van der Waals surface area contributed by atoms with Crippen LogP contribution >= 0.6 is 11.6 Å². The monoisotopic (exact) mass is 306 g/mol. The molecule has 0 radical (unpaired) electrons. The number of rotatable bonds is 4. The summed E-state index contributed by atoms with van der Waals surface area (Å²) in [5.74, 6) is 0.220. The second-order valence-corrected chi connectivity index (χ2v) is 5.75. The Morgan fingerprint density at radius 3 is 2.48 bits per heavy atom. The zero-order chi connectivity index (χ0) is 14.7. The van der Waals surface area contributed by atoms with Crippen LogP contribution in [0, 0.1) is 0 Å². The number of benzene rings is 2. The van der Waals surface area contributed by atoms with Crippen molar-refractivity contribution in [1.29, 1.82) is 0 Å². The van der Waals surface area contributed by atoms with Crippen molar-refractivity contribution in [1.82, 2.24) is 0 Å². The van der Waals surface area contributed by atoms with Crippen LogP contribution in [0.3, 0.4) is 0 Å². The number of aliphatic hydroxyl groups excluding tert-OH is 1. The van der Waals surface area contributed by atoms with Crippen molar-refractivity contribution >= 4 is 22.4 Å². The summed E-state index contributed by atoms with van der Waals surface area (Å²) in [4.78, 5) is 0. The lowest BCUT2D eigenvalue weighted by Crippen LogP contribution is -2.31. The molecule has 1 aliphatic heterocycles. The second kappa shape index (κ2) is 6.75. The van der Waals surface area contributed by atoms with Gasteiger partial charge in [0.1, 0.15) is 0 Å². The topological polar surface area (TPSA) is 38.7 Å². The summed E-state index contributed by atoms with van der Waals surface area (Å²) in [6.45, 7) is 1.46. The molecule has 1 heterocycles. The van der Waals surface area contributed by atoms with Crippen LogP contribution in [-0.4, -0.2) is 31.2 Å². The molecule has 2 aromatic rings. The summed E-state index contributed by atoms with van der Waals surface area (Å²) < 4.78 is 11.5. The minimum absolute atomic E-state index is 0.175. The Morgan fingerprint density at radius 2 is 1.76 bits per heavy atom. The maximum Gasteiger partial charge on any atom is 0.157 e. The van der Waals surface area contributed by atoms with Crippen LogP contribution in [0.1, 0.15) is 24.3 Å². The molecule has 0 aromatic heterocycles.